The lowest BCUT2D eigenvalue weighted by Gasteiger charge is -2.12. The third kappa shape index (κ3) is 6.47. The van der Waals surface area contributed by atoms with E-state index in [9.17, 15) is 14.4 Å². The molecule has 7 heteroatoms. The summed E-state index contributed by atoms with van der Waals surface area (Å²) in [6.45, 7) is -0.943. The molecule has 0 aliphatic carbocycles. The van der Waals surface area contributed by atoms with Crippen LogP contribution in [0.4, 0.5) is 0 Å². The van der Waals surface area contributed by atoms with Crippen LogP contribution in [-0.2, 0) is 19.1 Å². The Morgan fingerprint density at radius 2 is 1.59 bits per heavy atom. The van der Waals surface area contributed by atoms with Crippen molar-refractivity contribution in [2.75, 3.05) is 33.9 Å². The van der Waals surface area contributed by atoms with Crippen LogP contribution in [0.3, 0.4) is 0 Å². The molecule has 0 saturated heterocycles. The van der Waals surface area contributed by atoms with Crippen LogP contribution >= 0.6 is 0 Å². The molecule has 0 aromatic heterocycles. The summed E-state index contributed by atoms with van der Waals surface area (Å²) in [5.74, 6) is -0.938. The molecule has 0 unspecified atom stereocenters. The van der Waals surface area contributed by atoms with Crippen molar-refractivity contribution in [3.63, 3.8) is 0 Å². The Morgan fingerprint density at radius 1 is 0.926 bits per heavy atom. The summed E-state index contributed by atoms with van der Waals surface area (Å²) in [5.41, 5.74) is 1.82. The second kappa shape index (κ2) is 9.96. The van der Waals surface area contributed by atoms with Crippen molar-refractivity contribution in [3.05, 3.63) is 54.6 Å². The minimum absolute atomic E-state index is 0.148. The third-order valence-electron chi connectivity index (χ3n) is 3.62. The van der Waals surface area contributed by atoms with E-state index in [-0.39, 0.29) is 19.1 Å². The van der Waals surface area contributed by atoms with Gasteiger partial charge in [-0.1, -0.05) is 48.5 Å². The summed E-state index contributed by atoms with van der Waals surface area (Å²) in [6, 6.07) is 17.0. The van der Waals surface area contributed by atoms with Gasteiger partial charge in [0.05, 0.1) is 6.54 Å². The average molecular weight is 370 g/mol. The molecule has 0 radical (unpaired) electrons. The van der Waals surface area contributed by atoms with Crippen LogP contribution < -0.4 is 10.1 Å². The number of para-hydroxylation sites is 1. The summed E-state index contributed by atoms with van der Waals surface area (Å²) in [4.78, 5) is 36.1. The number of benzene rings is 2. The highest BCUT2D eigenvalue weighted by Gasteiger charge is 2.12. The van der Waals surface area contributed by atoms with Crippen molar-refractivity contribution in [1.82, 2.24) is 10.2 Å². The van der Waals surface area contributed by atoms with Crippen molar-refractivity contribution in [2.45, 2.75) is 0 Å². The number of rotatable bonds is 8. The predicted molar refractivity (Wildman–Crippen MR) is 100 cm³/mol. The number of amides is 2. The minimum atomic E-state index is -0.674. The smallest absolute Gasteiger partial charge is 0.344 e. The van der Waals surface area contributed by atoms with E-state index in [0.717, 1.165) is 11.1 Å². The number of nitrogens with zero attached hydrogens (tertiary/aromatic N) is 1. The van der Waals surface area contributed by atoms with Gasteiger partial charge in [0.15, 0.2) is 13.2 Å². The van der Waals surface area contributed by atoms with Crippen molar-refractivity contribution < 1.29 is 23.9 Å². The summed E-state index contributed by atoms with van der Waals surface area (Å²) in [7, 11) is 3.16. The SMILES string of the molecule is CN(C)C(=O)CNC(=O)COC(=O)COc1ccccc1-c1ccccc1. The number of hydrogen-bond donors (Lipinski definition) is 1. The Morgan fingerprint density at radius 3 is 2.30 bits per heavy atom. The van der Waals surface area contributed by atoms with Crippen molar-refractivity contribution >= 4 is 17.8 Å². The molecular formula is C20H22N2O5. The molecule has 0 aliphatic heterocycles. The maximum Gasteiger partial charge on any atom is 0.344 e. The molecule has 2 aromatic rings. The molecule has 0 spiro atoms. The maximum absolute atomic E-state index is 11.8. The van der Waals surface area contributed by atoms with E-state index in [1.807, 2.05) is 48.5 Å². The fraction of sp³-hybridized carbons (Fsp3) is 0.250. The molecule has 1 N–H and O–H groups in total. The molecule has 27 heavy (non-hydrogen) atoms. The average Bonchev–Trinajstić information content (AvgIpc) is 2.69. The molecule has 0 saturated carbocycles. The van der Waals surface area contributed by atoms with Gasteiger partial charge in [-0.15, -0.1) is 0 Å². The van der Waals surface area contributed by atoms with Gasteiger partial charge in [0.2, 0.25) is 5.91 Å². The number of nitrogens with one attached hydrogen (secondary N) is 1. The van der Waals surface area contributed by atoms with Crippen LogP contribution in [0.5, 0.6) is 5.75 Å². The fourth-order valence-electron chi connectivity index (χ4n) is 2.16. The van der Waals surface area contributed by atoms with Gasteiger partial charge in [-0.3, -0.25) is 9.59 Å². The molecule has 142 valence electrons. The molecule has 2 amide bonds. The number of esters is 1. The topological polar surface area (TPSA) is 84.9 Å². The first-order valence-corrected chi connectivity index (χ1v) is 8.37. The van der Waals surface area contributed by atoms with E-state index >= 15 is 0 Å². The van der Waals surface area contributed by atoms with E-state index < -0.39 is 18.5 Å². The van der Waals surface area contributed by atoms with Crippen LogP contribution in [0.1, 0.15) is 0 Å². The zero-order chi connectivity index (χ0) is 19.6. The Labute approximate surface area is 157 Å². The third-order valence-corrected chi connectivity index (χ3v) is 3.62. The van der Waals surface area contributed by atoms with E-state index in [4.69, 9.17) is 9.47 Å². The fourth-order valence-corrected chi connectivity index (χ4v) is 2.16. The lowest BCUT2D eigenvalue weighted by molar-refractivity contribution is -0.150. The number of carbonyl (C=O) groups excluding carboxylic acids is 3. The van der Waals surface area contributed by atoms with E-state index in [1.165, 1.54) is 4.90 Å². The molecular weight excluding hydrogens is 348 g/mol. The van der Waals surface area contributed by atoms with E-state index in [1.54, 1.807) is 20.2 Å². The maximum atomic E-state index is 11.8. The first-order chi connectivity index (χ1) is 13.0. The molecule has 0 aliphatic rings. The van der Waals surface area contributed by atoms with Crippen molar-refractivity contribution in [2.24, 2.45) is 0 Å². The van der Waals surface area contributed by atoms with Gasteiger partial charge < -0.3 is 19.7 Å². The number of carbonyl (C=O) groups is 3. The molecule has 2 aromatic carbocycles. The quantitative estimate of drug-likeness (QED) is 0.712. The summed E-state index contributed by atoms with van der Waals surface area (Å²) >= 11 is 0. The van der Waals surface area contributed by atoms with Gasteiger partial charge in [0.1, 0.15) is 5.75 Å². The normalized spacial score (nSPS) is 10.0. The zero-order valence-corrected chi connectivity index (χ0v) is 15.3. The lowest BCUT2D eigenvalue weighted by atomic mass is 10.1. The molecule has 0 heterocycles. The van der Waals surface area contributed by atoms with Crippen LogP contribution in [0.15, 0.2) is 54.6 Å². The van der Waals surface area contributed by atoms with Gasteiger partial charge in [0.25, 0.3) is 5.91 Å². The van der Waals surface area contributed by atoms with E-state index in [2.05, 4.69) is 5.32 Å². The predicted octanol–water partition coefficient (Wildman–Crippen LogP) is 1.48. The molecule has 7 nitrogen and oxygen atoms in total. The Hall–Kier alpha value is -3.35. The number of likely N-dealkylation sites (N-methyl/N-ethyl adjacent to an activating group) is 1. The number of hydrogen-bond acceptors (Lipinski definition) is 5. The largest absolute Gasteiger partial charge is 0.481 e. The molecule has 0 atom stereocenters. The van der Waals surface area contributed by atoms with E-state index in [0.29, 0.717) is 5.75 Å². The molecule has 2 rings (SSSR count). The zero-order valence-electron chi connectivity index (χ0n) is 15.3. The highest BCUT2D eigenvalue weighted by Crippen LogP contribution is 2.29. The summed E-state index contributed by atoms with van der Waals surface area (Å²) < 4.78 is 10.4. The van der Waals surface area contributed by atoms with Gasteiger partial charge in [-0.05, 0) is 11.6 Å². The number of ether oxygens (including phenoxy) is 2. The van der Waals surface area contributed by atoms with Crippen LogP contribution in [0.2, 0.25) is 0 Å². The Bertz CT molecular complexity index is 790. The standard InChI is InChI=1S/C20H22N2O5/c1-22(2)19(24)12-21-18(23)13-27-20(25)14-26-17-11-7-6-10-16(17)15-8-4-3-5-9-15/h3-11H,12-14H2,1-2H3,(H,21,23). The van der Waals surface area contributed by atoms with Gasteiger partial charge in [0, 0.05) is 19.7 Å². The Kier molecular flexibility index (Phi) is 7.37. The first kappa shape index (κ1) is 20.0. The molecule has 0 fully saturated rings. The Balaban J connectivity index is 1.81. The van der Waals surface area contributed by atoms with Crippen LogP contribution in [-0.4, -0.2) is 56.5 Å². The van der Waals surface area contributed by atoms with Gasteiger partial charge in [-0.2, -0.15) is 0 Å². The lowest BCUT2D eigenvalue weighted by Crippen LogP contribution is -2.38. The first-order valence-electron chi connectivity index (χ1n) is 8.37. The summed E-state index contributed by atoms with van der Waals surface area (Å²) in [6.07, 6.45) is 0. The van der Waals surface area contributed by atoms with Gasteiger partial charge >= 0.3 is 5.97 Å². The second-order valence-electron chi connectivity index (χ2n) is 5.88. The summed E-state index contributed by atoms with van der Waals surface area (Å²) in [5, 5.41) is 2.38. The van der Waals surface area contributed by atoms with Crippen molar-refractivity contribution in [1.29, 1.82) is 0 Å². The highest BCUT2D eigenvalue weighted by atomic mass is 16.6. The molecule has 0 bridgehead atoms. The van der Waals surface area contributed by atoms with Gasteiger partial charge in [-0.25, -0.2) is 4.79 Å². The van der Waals surface area contributed by atoms with Crippen LogP contribution in [0.25, 0.3) is 11.1 Å². The minimum Gasteiger partial charge on any atom is -0.481 e. The van der Waals surface area contributed by atoms with Crippen molar-refractivity contribution in [3.8, 4) is 16.9 Å². The highest BCUT2D eigenvalue weighted by molar-refractivity contribution is 5.86. The monoisotopic (exact) mass is 370 g/mol. The van der Waals surface area contributed by atoms with Crippen LogP contribution in [0, 0.1) is 0 Å². The second-order valence-corrected chi connectivity index (χ2v) is 5.88.